The second-order valence-electron chi connectivity index (χ2n) is 4.57. The third-order valence-corrected chi connectivity index (χ3v) is 3.43. The standard InChI is InChI=1S/C11H22N2O/c1-3-14-11-7-13(8-11)10-5-4-9(2)12-6-10/h9-12H,3-8H2,1-2H3. The second-order valence-corrected chi connectivity index (χ2v) is 4.57. The van der Waals surface area contributed by atoms with Gasteiger partial charge >= 0.3 is 0 Å². The van der Waals surface area contributed by atoms with Crippen LogP contribution in [-0.4, -0.2) is 49.3 Å². The summed E-state index contributed by atoms with van der Waals surface area (Å²) in [5.41, 5.74) is 0. The molecule has 0 spiro atoms. The predicted octanol–water partition coefficient (Wildman–Crippen LogP) is 0.848. The Hall–Kier alpha value is -0.120. The molecule has 0 bridgehead atoms. The summed E-state index contributed by atoms with van der Waals surface area (Å²) in [6.07, 6.45) is 3.19. The van der Waals surface area contributed by atoms with Crippen LogP contribution in [0.3, 0.4) is 0 Å². The van der Waals surface area contributed by atoms with Gasteiger partial charge in [0.1, 0.15) is 0 Å². The van der Waals surface area contributed by atoms with Crippen LogP contribution < -0.4 is 5.32 Å². The number of hydrogen-bond donors (Lipinski definition) is 1. The Balaban J connectivity index is 1.67. The lowest BCUT2D eigenvalue weighted by atomic mass is 9.97. The van der Waals surface area contributed by atoms with E-state index in [1.807, 2.05) is 0 Å². The van der Waals surface area contributed by atoms with Gasteiger partial charge in [0.25, 0.3) is 0 Å². The van der Waals surface area contributed by atoms with E-state index in [0.717, 1.165) is 31.8 Å². The van der Waals surface area contributed by atoms with Gasteiger partial charge in [0.05, 0.1) is 6.10 Å². The first kappa shape index (κ1) is 10.4. The van der Waals surface area contributed by atoms with Crippen molar-refractivity contribution in [3.63, 3.8) is 0 Å². The third kappa shape index (κ3) is 2.27. The minimum Gasteiger partial charge on any atom is -0.376 e. The lowest BCUT2D eigenvalue weighted by Crippen LogP contribution is -2.60. The van der Waals surface area contributed by atoms with E-state index in [-0.39, 0.29) is 0 Å². The van der Waals surface area contributed by atoms with E-state index in [2.05, 4.69) is 24.1 Å². The van der Waals surface area contributed by atoms with Crippen LogP contribution in [0.2, 0.25) is 0 Å². The van der Waals surface area contributed by atoms with Crippen molar-refractivity contribution in [3.8, 4) is 0 Å². The van der Waals surface area contributed by atoms with Crippen molar-refractivity contribution in [1.29, 1.82) is 0 Å². The molecule has 2 rings (SSSR count). The van der Waals surface area contributed by atoms with Gasteiger partial charge in [-0.1, -0.05) is 0 Å². The smallest absolute Gasteiger partial charge is 0.0828 e. The van der Waals surface area contributed by atoms with E-state index >= 15 is 0 Å². The Morgan fingerprint density at radius 3 is 2.71 bits per heavy atom. The fourth-order valence-electron chi connectivity index (χ4n) is 2.40. The molecule has 2 heterocycles. The van der Waals surface area contributed by atoms with Crippen molar-refractivity contribution in [3.05, 3.63) is 0 Å². The molecule has 2 atom stereocenters. The van der Waals surface area contributed by atoms with Crippen LogP contribution in [0.25, 0.3) is 0 Å². The molecular formula is C11H22N2O. The first-order valence-corrected chi connectivity index (χ1v) is 5.88. The lowest BCUT2D eigenvalue weighted by molar-refractivity contribution is -0.0720. The van der Waals surface area contributed by atoms with Crippen molar-refractivity contribution in [2.75, 3.05) is 26.2 Å². The van der Waals surface area contributed by atoms with Crippen molar-refractivity contribution < 1.29 is 4.74 Å². The molecule has 3 heteroatoms. The largest absolute Gasteiger partial charge is 0.376 e. The number of nitrogens with one attached hydrogen (secondary N) is 1. The normalized spacial score (nSPS) is 35.6. The van der Waals surface area contributed by atoms with Gasteiger partial charge in [-0.2, -0.15) is 0 Å². The molecule has 2 saturated heterocycles. The van der Waals surface area contributed by atoms with Crippen LogP contribution in [0.1, 0.15) is 26.7 Å². The highest BCUT2D eigenvalue weighted by molar-refractivity contribution is 4.90. The van der Waals surface area contributed by atoms with Crippen LogP contribution in [0, 0.1) is 0 Å². The summed E-state index contributed by atoms with van der Waals surface area (Å²) < 4.78 is 5.56. The van der Waals surface area contributed by atoms with Gasteiger partial charge < -0.3 is 10.1 Å². The molecule has 3 nitrogen and oxygen atoms in total. The highest BCUT2D eigenvalue weighted by Gasteiger charge is 2.33. The van der Waals surface area contributed by atoms with Crippen molar-refractivity contribution in [2.24, 2.45) is 0 Å². The molecule has 0 aromatic rings. The molecular weight excluding hydrogens is 176 g/mol. The maximum Gasteiger partial charge on any atom is 0.0828 e. The maximum absolute atomic E-state index is 5.56. The molecule has 2 unspecified atom stereocenters. The van der Waals surface area contributed by atoms with Crippen LogP contribution in [0.15, 0.2) is 0 Å². The Kier molecular flexibility index (Phi) is 3.42. The Bertz CT molecular complexity index is 172. The lowest BCUT2D eigenvalue weighted by Gasteiger charge is -2.46. The Morgan fingerprint density at radius 2 is 2.14 bits per heavy atom. The molecule has 0 amide bonds. The average molecular weight is 198 g/mol. The molecule has 14 heavy (non-hydrogen) atoms. The zero-order valence-corrected chi connectivity index (χ0v) is 9.33. The minimum atomic E-state index is 0.513. The zero-order chi connectivity index (χ0) is 9.97. The van der Waals surface area contributed by atoms with Gasteiger partial charge in [-0.3, -0.25) is 4.90 Å². The number of ether oxygens (including phenoxy) is 1. The van der Waals surface area contributed by atoms with Crippen LogP contribution in [0.5, 0.6) is 0 Å². The fourth-order valence-corrected chi connectivity index (χ4v) is 2.40. The predicted molar refractivity (Wildman–Crippen MR) is 57.5 cm³/mol. The van der Waals surface area contributed by atoms with Crippen molar-refractivity contribution in [1.82, 2.24) is 10.2 Å². The van der Waals surface area contributed by atoms with E-state index in [1.165, 1.54) is 19.4 Å². The van der Waals surface area contributed by atoms with Crippen LogP contribution in [-0.2, 0) is 4.74 Å². The van der Waals surface area contributed by atoms with Gasteiger partial charge in [-0.25, -0.2) is 0 Å². The summed E-state index contributed by atoms with van der Waals surface area (Å²) in [5.74, 6) is 0. The number of nitrogens with zero attached hydrogens (tertiary/aromatic N) is 1. The number of rotatable bonds is 3. The first-order chi connectivity index (χ1) is 6.79. The summed E-state index contributed by atoms with van der Waals surface area (Å²) in [6, 6.07) is 1.48. The molecule has 2 aliphatic rings. The van der Waals surface area contributed by atoms with Crippen molar-refractivity contribution >= 4 is 0 Å². The summed E-state index contributed by atoms with van der Waals surface area (Å²) >= 11 is 0. The van der Waals surface area contributed by atoms with E-state index in [1.54, 1.807) is 0 Å². The van der Waals surface area contributed by atoms with Gasteiger partial charge in [-0.05, 0) is 26.7 Å². The van der Waals surface area contributed by atoms with E-state index < -0.39 is 0 Å². The molecule has 0 radical (unpaired) electrons. The van der Waals surface area contributed by atoms with Gasteiger partial charge in [-0.15, -0.1) is 0 Å². The van der Waals surface area contributed by atoms with E-state index in [0.29, 0.717) is 6.10 Å². The Labute approximate surface area is 86.8 Å². The minimum absolute atomic E-state index is 0.513. The molecule has 2 fully saturated rings. The van der Waals surface area contributed by atoms with E-state index in [9.17, 15) is 0 Å². The quantitative estimate of drug-likeness (QED) is 0.727. The van der Waals surface area contributed by atoms with Crippen molar-refractivity contribution in [2.45, 2.75) is 44.9 Å². The van der Waals surface area contributed by atoms with Crippen LogP contribution >= 0.6 is 0 Å². The van der Waals surface area contributed by atoms with Gasteiger partial charge in [0.15, 0.2) is 0 Å². The van der Waals surface area contributed by atoms with Gasteiger partial charge in [0, 0.05) is 38.3 Å². The van der Waals surface area contributed by atoms with Crippen LogP contribution in [0.4, 0.5) is 0 Å². The van der Waals surface area contributed by atoms with Gasteiger partial charge in [0.2, 0.25) is 0 Å². The third-order valence-electron chi connectivity index (χ3n) is 3.43. The molecule has 1 N–H and O–H groups in total. The molecule has 2 aliphatic heterocycles. The monoisotopic (exact) mass is 198 g/mol. The number of piperidine rings is 1. The summed E-state index contributed by atoms with van der Waals surface area (Å²) in [7, 11) is 0. The second kappa shape index (κ2) is 4.60. The molecule has 0 aliphatic carbocycles. The highest BCUT2D eigenvalue weighted by atomic mass is 16.5. The average Bonchev–Trinajstić information content (AvgIpc) is 2.13. The Morgan fingerprint density at radius 1 is 1.36 bits per heavy atom. The first-order valence-electron chi connectivity index (χ1n) is 5.88. The topological polar surface area (TPSA) is 24.5 Å². The summed E-state index contributed by atoms with van der Waals surface area (Å²) in [4.78, 5) is 2.55. The zero-order valence-electron chi connectivity index (χ0n) is 9.33. The SMILES string of the molecule is CCOC1CN(C2CCC(C)NC2)C1. The molecule has 82 valence electrons. The highest BCUT2D eigenvalue weighted by Crippen LogP contribution is 2.21. The molecule has 0 aromatic carbocycles. The summed E-state index contributed by atoms with van der Waals surface area (Å²) in [5, 5.41) is 3.55. The number of likely N-dealkylation sites (tertiary alicyclic amines) is 1. The summed E-state index contributed by atoms with van der Waals surface area (Å²) in [6.45, 7) is 8.67. The molecule has 0 saturated carbocycles. The fraction of sp³-hybridized carbons (Fsp3) is 1.00. The van der Waals surface area contributed by atoms with E-state index in [4.69, 9.17) is 4.74 Å². The number of hydrogen-bond acceptors (Lipinski definition) is 3. The molecule has 0 aromatic heterocycles. The maximum atomic E-state index is 5.56.